The van der Waals surface area contributed by atoms with E-state index in [1.807, 2.05) is 20.8 Å². The first-order chi connectivity index (χ1) is 15.4. The van der Waals surface area contributed by atoms with E-state index in [2.05, 4.69) is 21.3 Å². The minimum absolute atomic E-state index is 0.0437. The van der Waals surface area contributed by atoms with Gasteiger partial charge < -0.3 is 37.0 Å². The van der Waals surface area contributed by atoms with Crippen molar-refractivity contribution in [3.63, 3.8) is 0 Å². The fourth-order valence-corrected chi connectivity index (χ4v) is 2.76. The Balaban J connectivity index is 4.89. The lowest BCUT2D eigenvalue weighted by Gasteiger charge is -2.24. The molecular formula is C20H36N6O7. The Hall–Kier alpha value is -3.22. The van der Waals surface area contributed by atoms with Crippen LogP contribution in [0.4, 0.5) is 0 Å². The predicted octanol–water partition coefficient (Wildman–Crippen LogP) is -3.03. The number of hydrogen-bond donors (Lipinski definition) is 6. The van der Waals surface area contributed by atoms with Gasteiger partial charge in [-0.15, -0.1) is 0 Å². The third kappa shape index (κ3) is 13.0. The van der Waals surface area contributed by atoms with Gasteiger partial charge in [-0.3, -0.25) is 28.8 Å². The van der Waals surface area contributed by atoms with Crippen LogP contribution in [0.15, 0.2) is 0 Å². The van der Waals surface area contributed by atoms with E-state index in [-0.39, 0.29) is 18.4 Å². The molecule has 0 aromatic carbocycles. The highest BCUT2D eigenvalue weighted by Crippen LogP contribution is 2.05. The van der Waals surface area contributed by atoms with Gasteiger partial charge in [0.15, 0.2) is 0 Å². The molecule has 0 saturated heterocycles. The highest BCUT2D eigenvalue weighted by atomic mass is 16.3. The van der Waals surface area contributed by atoms with Gasteiger partial charge in [0.2, 0.25) is 35.4 Å². The Kier molecular flexibility index (Phi) is 14.0. The molecule has 2 atom stereocenters. The Labute approximate surface area is 193 Å². The average Bonchev–Trinajstić information content (AvgIpc) is 2.72. The van der Waals surface area contributed by atoms with E-state index in [0.717, 1.165) is 0 Å². The molecule has 0 aliphatic carbocycles. The van der Waals surface area contributed by atoms with Gasteiger partial charge in [-0.2, -0.15) is 0 Å². The highest BCUT2D eigenvalue weighted by molar-refractivity contribution is 5.94. The van der Waals surface area contributed by atoms with Crippen molar-refractivity contribution in [2.24, 2.45) is 11.7 Å². The Morgan fingerprint density at radius 1 is 0.909 bits per heavy atom. The molecule has 0 aromatic rings. The number of nitrogens with zero attached hydrogens (tertiary/aromatic N) is 1. The highest BCUT2D eigenvalue weighted by Gasteiger charge is 2.25. The van der Waals surface area contributed by atoms with Gasteiger partial charge in [0.1, 0.15) is 12.1 Å². The number of carbonyl (C=O) groups is 6. The van der Waals surface area contributed by atoms with Gasteiger partial charge in [-0.05, 0) is 18.8 Å². The van der Waals surface area contributed by atoms with Crippen LogP contribution in [0, 0.1) is 5.92 Å². The lowest BCUT2D eigenvalue weighted by molar-refractivity contribution is -0.136. The summed E-state index contributed by atoms with van der Waals surface area (Å²) in [6.07, 6.45) is 0.967. The van der Waals surface area contributed by atoms with Gasteiger partial charge in [0, 0.05) is 13.5 Å². The minimum Gasteiger partial charge on any atom is -0.394 e. The van der Waals surface area contributed by atoms with Gasteiger partial charge in [0.05, 0.1) is 26.2 Å². The van der Waals surface area contributed by atoms with Crippen LogP contribution in [0.1, 0.15) is 40.5 Å². The van der Waals surface area contributed by atoms with Gasteiger partial charge in [0.25, 0.3) is 0 Å². The number of carbonyl (C=O) groups excluding carboxylic acids is 6. The molecule has 0 aliphatic rings. The van der Waals surface area contributed by atoms with Crippen LogP contribution >= 0.6 is 0 Å². The number of amides is 6. The van der Waals surface area contributed by atoms with Crippen LogP contribution in [0.3, 0.4) is 0 Å². The lowest BCUT2D eigenvalue weighted by atomic mass is 10.0. The van der Waals surface area contributed by atoms with Crippen molar-refractivity contribution in [3.8, 4) is 0 Å². The standard InChI is InChI=1S/C20H36N6O7/c1-5-6-26(13(4)28)10-18(31)24-14(7-12(2)3)19(32)23-9-17(30)25-15(11-27)20(33)22-8-16(21)29/h12,14-15,27H,5-11H2,1-4H3,(H2,21,29)(H,22,33)(H,23,32)(H,24,31)(H,25,30). The fourth-order valence-electron chi connectivity index (χ4n) is 2.76. The Morgan fingerprint density at radius 3 is 1.94 bits per heavy atom. The zero-order chi connectivity index (χ0) is 25.6. The summed E-state index contributed by atoms with van der Waals surface area (Å²) in [5.41, 5.74) is 4.92. The number of primary amides is 1. The van der Waals surface area contributed by atoms with Gasteiger partial charge >= 0.3 is 0 Å². The van der Waals surface area contributed by atoms with E-state index in [1.165, 1.54) is 11.8 Å². The van der Waals surface area contributed by atoms with Crippen molar-refractivity contribution in [2.75, 3.05) is 32.8 Å². The van der Waals surface area contributed by atoms with Crippen LogP contribution in [0.5, 0.6) is 0 Å². The van der Waals surface area contributed by atoms with Crippen molar-refractivity contribution in [2.45, 2.75) is 52.6 Å². The van der Waals surface area contributed by atoms with Crippen LogP contribution in [-0.4, -0.2) is 90.3 Å². The molecule has 0 rings (SSSR count). The Morgan fingerprint density at radius 2 is 1.45 bits per heavy atom. The maximum atomic E-state index is 12.6. The first kappa shape index (κ1) is 29.8. The maximum absolute atomic E-state index is 12.6. The summed E-state index contributed by atoms with van der Waals surface area (Å²) in [4.78, 5) is 72.6. The lowest BCUT2D eigenvalue weighted by Crippen LogP contribution is -2.54. The summed E-state index contributed by atoms with van der Waals surface area (Å²) < 4.78 is 0. The molecular weight excluding hydrogens is 436 g/mol. The van der Waals surface area contributed by atoms with Crippen molar-refractivity contribution in [1.29, 1.82) is 0 Å². The summed E-state index contributed by atoms with van der Waals surface area (Å²) in [6.45, 7) is 5.44. The summed E-state index contributed by atoms with van der Waals surface area (Å²) in [5, 5.41) is 18.6. The molecule has 0 fully saturated rings. The molecule has 0 saturated carbocycles. The van der Waals surface area contributed by atoms with Crippen LogP contribution < -0.4 is 27.0 Å². The molecule has 0 spiro atoms. The van der Waals surface area contributed by atoms with Crippen molar-refractivity contribution in [1.82, 2.24) is 26.2 Å². The SMILES string of the molecule is CCCN(CC(=O)NC(CC(C)C)C(=O)NCC(=O)NC(CO)C(=O)NCC(N)=O)C(C)=O. The molecule has 33 heavy (non-hydrogen) atoms. The summed E-state index contributed by atoms with van der Waals surface area (Å²) in [6, 6.07) is -2.27. The number of hydrogen-bond acceptors (Lipinski definition) is 7. The molecule has 6 amide bonds. The van der Waals surface area contributed by atoms with Crippen LogP contribution in [-0.2, 0) is 28.8 Å². The second kappa shape index (κ2) is 15.6. The molecule has 2 unspecified atom stereocenters. The molecule has 0 heterocycles. The zero-order valence-corrected chi connectivity index (χ0v) is 19.6. The van der Waals surface area contributed by atoms with Crippen molar-refractivity contribution in [3.05, 3.63) is 0 Å². The largest absolute Gasteiger partial charge is 0.394 e. The van der Waals surface area contributed by atoms with E-state index in [4.69, 9.17) is 5.73 Å². The minimum atomic E-state index is -1.34. The molecule has 0 aromatic heterocycles. The second-order valence-corrected chi connectivity index (χ2v) is 7.89. The average molecular weight is 473 g/mol. The van der Waals surface area contributed by atoms with Gasteiger partial charge in [-0.1, -0.05) is 20.8 Å². The van der Waals surface area contributed by atoms with Crippen molar-refractivity contribution < 1.29 is 33.9 Å². The van der Waals surface area contributed by atoms with E-state index >= 15 is 0 Å². The van der Waals surface area contributed by atoms with Gasteiger partial charge in [-0.25, -0.2) is 0 Å². The van der Waals surface area contributed by atoms with E-state index in [0.29, 0.717) is 19.4 Å². The second-order valence-electron chi connectivity index (χ2n) is 7.89. The smallest absolute Gasteiger partial charge is 0.245 e. The third-order valence-electron chi connectivity index (χ3n) is 4.33. The number of aliphatic hydroxyl groups is 1. The number of aliphatic hydroxyl groups excluding tert-OH is 1. The first-order valence-corrected chi connectivity index (χ1v) is 10.7. The maximum Gasteiger partial charge on any atom is 0.245 e. The van der Waals surface area contributed by atoms with Crippen LogP contribution in [0.2, 0.25) is 0 Å². The zero-order valence-electron chi connectivity index (χ0n) is 19.6. The molecule has 13 nitrogen and oxygen atoms in total. The third-order valence-corrected chi connectivity index (χ3v) is 4.33. The summed E-state index contributed by atoms with van der Waals surface area (Å²) >= 11 is 0. The van der Waals surface area contributed by atoms with E-state index in [9.17, 15) is 33.9 Å². The molecule has 0 bridgehead atoms. The molecule has 7 N–H and O–H groups in total. The number of rotatable bonds is 15. The topological polar surface area (TPSA) is 200 Å². The predicted molar refractivity (Wildman–Crippen MR) is 118 cm³/mol. The molecule has 13 heteroatoms. The number of nitrogens with one attached hydrogen (secondary N) is 4. The summed E-state index contributed by atoms with van der Waals surface area (Å²) in [5.74, 6) is -3.71. The van der Waals surface area contributed by atoms with E-state index in [1.54, 1.807) is 0 Å². The molecule has 188 valence electrons. The monoisotopic (exact) mass is 472 g/mol. The summed E-state index contributed by atoms with van der Waals surface area (Å²) in [7, 11) is 0. The molecule has 0 aliphatic heterocycles. The quantitative estimate of drug-likeness (QED) is 0.145. The Bertz CT molecular complexity index is 713. The van der Waals surface area contributed by atoms with Crippen LogP contribution in [0.25, 0.3) is 0 Å². The van der Waals surface area contributed by atoms with Crippen molar-refractivity contribution >= 4 is 35.4 Å². The molecule has 0 radical (unpaired) electrons. The number of nitrogens with two attached hydrogens (primary N) is 1. The normalized spacial score (nSPS) is 12.3. The fraction of sp³-hybridized carbons (Fsp3) is 0.700. The first-order valence-electron chi connectivity index (χ1n) is 10.7. The van der Waals surface area contributed by atoms with E-state index < -0.39 is 61.3 Å².